The van der Waals surface area contributed by atoms with Gasteiger partial charge in [0.1, 0.15) is 16.3 Å². The molecule has 6 N–H and O–H groups in total. The van der Waals surface area contributed by atoms with E-state index < -0.39 is 92.7 Å². The summed E-state index contributed by atoms with van der Waals surface area (Å²) in [7, 11) is -23.2. The predicted octanol–water partition coefficient (Wildman–Crippen LogP) is 6.50. The molecule has 0 aliphatic carbocycles. The maximum absolute atomic E-state index is 12.8. The van der Waals surface area contributed by atoms with Crippen LogP contribution in [0.4, 0.5) is 11.4 Å². The van der Waals surface area contributed by atoms with Crippen LogP contribution in [0.15, 0.2) is 104 Å². The third kappa shape index (κ3) is 12.4. The summed E-state index contributed by atoms with van der Waals surface area (Å²) in [6.45, 7) is 6.65. The molecule has 26 heteroatoms. The van der Waals surface area contributed by atoms with E-state index in [0.717, 1.165) is 12.1 Å². The number of carboxylic acid groups (broad SMARTS) is 1. The second kappa shape index (κ2) is 21.7. The van der Waals surface area contributed by atoms with E-state index >= 15 is 0 Å². The van der Waals surface area contributed by atoms with Gasteiger partial charge in [-0.25, -0.2) is 0 Å². The maximum Gasteiger partial charge on any atom is 0.303 e. The lowest BCUT2D eigenvalue weighted by Crippen LogP contribution is -2.32. The zero-order chi connectivity index (χ0) is 54.1. The van der Waals surface area contributed by atoms with Crippen LogP contribution < -0.4 is 4.90 Å². The molecule has 2 heterocycles. The van der Waals surface area contributed by atoms with Crippen LogP contribution in [0.2, 0.25) is 0 Å². The van der Waals surface area contributed by atoms with Gasteiger partial charge in [0, 0.05) is 78.4 Å². The van der Waals surface area contributed by atoms with E-state index in [2.05, 4.69) is 0 Å². The van der Waals surface area contributed by atoms with Crippen molar-refractivity contribution in [2.24, 2.45) is 0 Å². The average Bonchev–Trinajstić information content (AvgIpc) is 3.66. The summed E-state index contributed by atoms with van der Waals surface area (Å²) in [5, 5.41) is 9.26. The Morgan fingerprint density at radius 1 is 0.658 bits per heavy atom. The Balaban J connectivity index is 1.55. The van der Waals surface area contributed by atoms with Gasteiger partial charge in [-0.3, -0.25) is 27.6 Å². The summed E-state index contributed by atoms with van der Waals surface area (Å²) in [6.07, 6.45) is 9.64. The molecule has 4 aromatic rings. The predicted molar refractivity (Wildman–Crippen MR) is 270 cm³/mol. The number of ether oxygens (including phenoxy) is 2. The van der Waals surface area contributed by atoms with Gasteiger partial charge in [0.2, 0.25) is 5.69 Å². The molecule has 21 nitrogen and oxygen atoms in total. The summed E-state index contributed by atoms with van der Waals surface area (Å²) in [4.78, 5) is 10.1. The Morgan fingerprint density at radius 3 is 1.78 bits per heavy atom. The number of unbranched alkanes of at least 4 members (excludes halogenated alkanes) is 2. The first kappa shape index (κ1) is 57.3. The number of carbonyl (C=O) groups is 1. The number of hydrogen-bond acceptors (Lipinski definition) is 14. The van der Waals surface area contributed by atoms with Gasteiger partial charge in [-0.05, 0) is 112 Å². The highest BCUT2D eigenvalue weighted by molar-refractivity contribution is 7.87. The fourth-order valence-electron chi connectivity index (χ4n) is 10.0. The van der Waals surface area contributed by atoms with E-state index in [1.165, 1.54) is 19.2 Å². The van der Waals surface area contributed by atoms with Crippen LogP contribution in [0.3, 0.4) is 0 Å². The first-order chi connectivity index (χ1) is 33.9. The van der Waals surface area contributed by atoms with E-state index in [1.54, 1.807) is 49.4 Å². The van der Waals surface area contributed by atoms with Crippen molar-refractivity contribution in [2.75, 3.05) is 50.7 Å². The van der Waals surface area contributed by atoms with Crippen molar-refractivity contribution in [3.8, 4) is 0 Å². The highest BCUT2D eigenvalue weighted by Crippen LogP contribution is 2.54. The molecule has 4 aromatic carbocycles. The minimum absolute atomic E-state index is 0.00665. The molecule has 398 valence electrons. The topological polar surface area (TPSA) is 334 Å². The third-order valence-electron chi connectivity index (χ3n) is 13.2. The molecule has 0 aromatic heterocycles. The van der Waals surface area contributed by atoms with Crippen molar-refractivity contribution >= 4 is 95.2 Å². The van der Waals surface area contributed by atoms with Gasteiger partial charge in [-0.2, -0.15) is 46.7 Å². The van der Waals surface area contributed by atoms with Crippen molar-refractivity contribution in [1.82, 2.24) is 0 Å². The van der Waals surface area contributed by atoms with Gasteiger partial charge in [-0.1, -0.05) is 24.3 Å². The standard InChI is InChI=1S/C47H56N2O19S5/c1-5-48-37-18-16-33-35(27-31(70(55,56)57)29-39(33)72(61,62)63)44(37)47(3,21-23-68-25-24-67-4)41(48)13-8-6-9-14-42-46(2,20-12-26-69(52,53)54)45-36-28-32(71(58,59)60)30-40(73(64,65)66)34(36)17-19-38(45)49(42)22-11-7-10-15-43(50)51/h6,8-9,13-14,16-19,27-30H,5,7,10-12,15,20-26H2,1-4H3,(H5-,50,51,52,53,54,55,56,57,58,59,60,61,62,63,64,65,66)/p+1. The molecule has 0 radical (unpaired) electrons. The minimum atomic E-state index is -5.12. The molecule has 0 bridgehead atoms. The number of anilines is 1. The van der Waals surface area contributed by atoms with E-state index in [-0.39, 0.29) is 73.6 Å². The molecular weight excluding hydrogens is 1060 g/mol. The van der Waals surface area contributed by atoms with E-state index in [4.69, 9.17) is 9.47 Å². The minimum Gasteiger partial charge on any atom is -0.481 e. The molecule has 6 rings (SSSR count). The van der Waals surface area contributed by atoms with Gasteiger partial charge in [0.15, 0.2) is 5.71 Å². The second-order valence-electron chi connectivity index (χ2n) is 18.0. The van der Waals surface area contributed by atoms with Crippen LogP contribution in [0.5, 0.6) is 0 Å². The molecule has 0 spiro atoms. The van der Waals surface area contributed by atoms with Gasteiger partial charge >= 0.3 is 5.97 Å². The highest BCUT2D eigenvalue weighted by atomic mass is 32.2. The summed E-state index contributed by atoms with van der Waals surface area (Å²) >= 11 is 0. The molecule has 2 unspecified atom stereocenters. The Bertz CT molecular complexity index is 3570. The molecular formula is C47H57N2O19S5+. The number of methoxy groups -OCH3 is 1. The zero-order valence-corrected chi connectivity index (χ0v) is 44.2. The number of fused-ring (bicyclic) bond motifs is 6. The SMILES string of the molecule is CCN1C(=CC=CC=CC2=[N+](CCCCCC(=O)O)c3ccc4c(S(=O)(=O)O)cc(S(=O)(=O)O)cc4c3C2(C)CCCS(=O)(=O)O)C(C)(CCOCCOC)c2c1ccc1c(S(=O)(=O)O)cc(S(=O)(=O)O)cc21. The largest absolute Gasteiger partial charge is 0.481 e. The second-order valence-corrected chi connectivity index (χ2v) is 25.2. The van der Waals surface area contributed by atoms with Crippen LogP contribution in [0.1, 0.15) is 76.8 Å². The van der Waals surface area contributed by atoms with Crippen LogP contribution in [0, 0.1) is 0 Å². The molecule has 2 aliphatic heterocycles. The van der Waals surface area contributed by atoms with Crippen LogP contribution in [-0.4, -0.2) is 132 Å². The fourth-order valence-corrected chi connectivity index (χ4v) is 13.2. The molecule has 0 fully saturated rings. The van der Waals surface area contributed by atoms with Crippen LogP contribution in [-0.2, 0) is 75.7 Å². The van der Waals surface area contributed by atoms with Crippen LogP contribution in [0.25, 0.3) is 21.5 Å². The normalized spacial score (nSPS) is 19.4. The summed E-state index contributed by atoms with van der Waals surface area (Å²) in [6, 6.07) is 9.49. The van der Waals surface area contributed by atoms with E-state index in [0.29, 0.717) is 71.9 Å². The Kier molecular flexibility index (Phi) is 17.0. The lowest BCUT2D eigenvalue weighted by Gasteiger charge is -2.30. The summed E-state index contributed by atoms with van der Waals surface area (Å²) in [5.74, 6) is -1.68. The fraction of sp³-hybridized carbons (Fsp3) is 0.404. The average molecular weight is 1110 g/mol. The Hall–Kier alpha value is -4.97. The smallest absolute Gasteiger partial charge is 0.303 e. The lowest BCUT2D eigenvalue weighted by molar-refractivity contribution is -0.438. The van der Waals surface area contributed by atoms with Gasteiger partial charge in [0.25, 0.3) is 50.6 Å². The molecule has 2 aliphatic rings. The summed E-state index contributed by atoms with van der Waals surface area (Å²) < 4.78 is 189. The summed E-state index contributed by atoms with van der Waals surface area (Å²) in [5.41, 5.74) is 0.544. The number of aliphatic carboxylic acids is 1. The number of rotatable bonds is 24. The number of carboxylic acids is 1. The third-order valence-corrected chi connectivity index (χ3v) is 17.5. The number of benzene rings is 4. The van der Waals surface area contributed by atoms with E-state index in [9.17, 15) is 74.8 Å². The highest BCUT2D eigenvalue weighted by Gasteiger charge is 2.49. The Morgan fingerprint density at radius 2 is 1.25 bits per heavy atom. The zero-order valence-electron chi connectivity index (χ0n) is 40.1. The number of allylic oxidation sites excluding steroid dienone is 6. The Labute approximate surface area is 424 Å². The first-order valence-corrected chi connectivity index (χ1v) is 30.1. The van der Waals surface area contributed by atoms with Crippen molar-refractivity contribution in [3.05, 3.63) is 95.7 Å². The number of hydrogen-bond donors (Lipinski definition) is 6. The molecule has 2 atom stereocenters. The van der Waals surface area contributed by atoms with Crippen molar-refractivity contribution in [3.63, 3.8) is 0 Å². The number of nitrogens with zero attached hydrogens (tertiary/aromatic N) is 2. The lowest BCUT2D eigenvalue weighted by atomic mass is 9.74. The quantitative estimate of drug-likeness (QED) is 0.0189. The first-order valence-electron chi connectivity index (χ1n) is 22.7. The molecule has 0 saturated heterocycles. The van der Waals surface area contributed by atoms with Gasteiger partial charge in [0.05, 0.1) is 34.2 Å². The molecule has 73 heavy (non-hydrogen) atoms. The molecule has 0 amide bonds. The van der Waals surface area contributed by atoms with Crippen molar-refractivity contribution in [2.45, 2.75) is 96.1 Å². The van der Waals surface area contributed by atoms with Gasteiger partial charge in [-0.15, -0.1) is 0 Å². The number of likely N-dealkylation sites (N-methyl/N-ethyl adjacent to an activating group) is 1. The van der Waals surface area contributed by atoms with E-state index in [1.807, 2.05) is 23.3 Å². The maximum atomic E-state index is 12.8. The van der Waals surface area contributed by atoms with Crippen molar-refractivity contribution < 1.29 is 88.8 Å². The van der Waals surface area contributed by atoms with Gasteiger partial charge < -0.3 is 19.5 Å². The van der Waals surface area contributed by atoms with Crippen LogP contribution >= 0.6 is 0 Å². The van der Waals surface area contributed by atoms with Crippen molar-refractivity contribution in [1.29, 1.82) is 0 Å². The monoisotopic (exact) mass is 1110 g/mol. The molecule has 0 saturated carbocycles.